The average Bonchev–Trinajstić information content (AvgIpc) is 1.87. The molecule has 1 N–H and O–H groups in total. The predicted octanol–water partition coefficient (Wildman–Crippen LogP) is 1.97. The second-order valence-electron chi connectivity index (χ2n) is 2.00. The van der Waals surface area contributed by atoms with E-state index in [0.29, 0.717) is 0 Å². The molecule has 2 heteroatoms. The highest BCUT2D eigenvalue weighted by Gasteiger charge is 1.79. The number of carbonyl (C=O) groups is 1. The third-order valence-corrected chi connectivity index (χ3v) is 1.03. The van der Waals surface area contributed by atoms with E-state index in [1.54, 1.807) is 6.08 Å². The van der Waals surface area contributed by atoms with Gasteiger partial charge in [0.05, 0.1) is 6.08 Å². The quantitative estimate of drug-likeness (QED) is 0.368. The topological polar surface area (TPSA) is 37.3 Å². The minimum atomic E-state index is -0.937. The van der Waals surface area contributed by atoms with E-state index < -0.39 is 5.97 Å². The Balaban J connectivity index is 3.44. The highest BCUT2D eigenvalue weighted by molar-refractivity contribution is 5.79. The van der Waals surface area contributed by atoms with E-state index in [-0.39, 0.29) is 0 Å². The molecule has 0 aliphatic rings. The highest BCUT2D eigenvalue weighted by Crippen LogP contribution is 1.92. The fourth-order valence-electron chi connectivity index (χ4n) is 0.520. The summed E-state index contributed by atoms with van der Waals surface area (Å²) in [6.07, 6.45) is 5.92. The first-order valence-electron chi connectivity index (χ1n) is 3.41. The molecule has 0 aromatic carbocycles. The van der Waals surface area contributed by atoms with Crippen LogP contribution in [-0.4, -0.2) is 11.1 Å². The number of carboxylic acid groups (broad SMARTS) is 1. The molecule has 0 radical (unpaired) electrons. The van der Waals surface area contributed by atoms with Gasteiger partial charge in [-0.3, -0.25) is 0 Å². The van der Waals surface area contributed by atoms with Gasteiger partial charge < -0.3 is 5.11 Å². The van der Waals surface area contributed by atoms with Crippen LogP contribution in [0.25, 0.3) is 0 Å². The summed E-state index contributed by atoms with van der Waals surface area (Å²) >= 11 is 0. The van der Waals surface area contributed by atoms with Gasteiger partial charge in [-0.2, -0.15) is 0 Å². The third-order valence-electron chi connectivity index (χ3n) is 1.03. The maximum atomic E-state index is 9.89. The van der Waals surface area contributed by atoms with Crippen LogP contribution in [0.5, 0.6) is 0 Å². The number of hydrogen-bond donors (Lipinski definition) is 1. The summed E-state index contributed by atoms with van der Waals surface area (Å²) in [4.78, 5) is 9.89. The van der Waals surface area contributed by atoms with Gasteiger partial charge in [0.15, 0.2) is 0 Å². The molecule has 0 atom stereocenters. The van der Waals surface area contributed by atoms with Crippen LogP contribution in [0.3, 0.4) is 0 Å². The second-order valence-corrected chi connectivity index (χ2v) is 2.00. The fraction of sp³-hybridized carbons (Fsp3) is 0.500. The van der Waals surface area contributed by atoms with Crippen LogP contribution in [0, 0.1) is 0 Å². The molecule has 0 aromatic rings. The van der Waals surface area contributed by atoms with Gasteiger partial charge in [-0.05, 0) is 18.9 Å². The fourth-order valence-corrected chi connectivity index (χ4v) is 0.520. The van der Waals surface area contributed by atoms with Crippen molar-refractivity contribution in [1.29, 1.82) is 0 Å². The van der Waals surface area contributed by atoms with Gasteiger partial charge in [-0.25, -0.2) is 4.79 Å². The number of aliphatic carboxylic acids is 1. The minimum absolute atomic E-state index is 0.917. The molecule has 0 heterocycles. The lowest BCUT2D eigenvalue weighted by Gasteiger charge is -1.82. The van der Waals surface area contributed by atoms with E-state index in [2.05, 4.69) is 12.7 Å². The summed E-state index contributed by atoms with van der Waals surface area (Å²) in [6.45, 7) is 2.09. The van der Waals surface area contributed by atoms with Crippen LogP contribution < -0.4 is 0 Å². The molecule has 56 valence electrons. The lowest BCUT2D eigenvalue weighted by Crippen LogP contribution is -1.83. The Labute approximate surface area is 60.9 Å². The zero-order valence-corrected chi connectivity index (χ0v) is 6.13. The van der Waals surface area contributed by atoms with Gasteiger partial charge in [0.1, 0.15) is 0 Å². The van der Waals surface area contributed by atoms with Gasteiger partial charge in [0, 0.05) is 0 Å². The van der Waals surface area contributed by atoms with E-state index in [9.17, 15) is 4.79 Å². The molecule has 0 spiro atoms. The molecule has 10 heavy (non-hydrogen) atoms. The van der Waals surface area contributed by atoms with E-state index in [1.165, 1.54) is 0 Å². The van der Waals surface area contributed by atoms with Crippen LogP contribution in [0.4, 0.5) is 0 Å². The summed E-state index contributed by atoms with van der Waals surface area (Å²) in [6, 6.07) is 0. The van der Waals surface area contributed by atoms with E-state index in [1.807, 2.05) is 0 Å². The lowest BCUT2D eigenvalue weighted by molar-refractivity contribution is -0.131. The largest absolute Gasteiger partial charge is 0.478 e. The molecule has 0 unspecified atom stereocenters. The minimum Gasteiger partial charge on any atom is -0.478 e. The number of rotatable bonds is 4. The van der Waals surface area contributed by atoms with Gasteiger partial charge in [0.25, 0.3) is 0 Å². The Bertz CT molecular complexity index is 153. The molecule has 0 saturated heterocycles. The molecule has 0 amide bonds. The first kappa shape index (κ1) is 8.99. The first-order chi connectivity index (χ1) is 4.77. The molecular formula is C8H12O2. The van der Waals surface area contributed by atoms with E-state index in [0.717, 1.165) is 25.3 Å². The number of carboxylic acids is 1. The Morgan fingerprint density at radius 2 is 2.40 bits per heavy atom. The molecule has 0 saturated carbocycles. The van der Waals surface area contributed by atoms with Crippen LogP contribution in [-0.2, 0) is 4.79 Å². The summed E-state index contributed by atoms with van der Waals surface area (Å²) in [5.74, 6) is -0.937. The van der Waals surface area contributed by atoms with Gasteiger partial charge in [-0.1, -0.05) is 13.3 Å². The van der Waals surface area contributed by atoms with Crippen LogP contribution >= 0.6 is 0 Å². The van der Waals surface area contributed by atoms with Crippen molar-refractivity contribution in [1.82, 2.24) is 0 Å². The summed E-state index contributed by atoms with van der Waals surface area (Å²) < 4.78 is 0. The maximum Gasteiger partial charge on any atom is 0.336 e. The van der Waals surface area contributed by atoms with Gasteiger partial charge in [-0.15, -0.1) is 5.73 Å². The monoisotopic (exact) mass is 140 g/mol. The van der Waals surface area contributed by atoms with E-state index in [4.69, 9.17) is 5.11 Å². The summed E-state index contributed by atoms with van der Waals surface area (Å²) in [7, 11) is 0. The van der Waals surface area contributed by atoms with Crippen molar-refractivity contribution >= 4 is 5.97 Å². The molecule has 0 bridgehead atoms. The van der Waals surface area contributed by atoms with Gasteiger partial charge in [0.2, 0.25) is 0 Å². The van der Waals surface area contributed by atoms with Crippen LogP contribution in [0.15, 0.2) is 17.9 Å². The lowest BCUT2D eigenvalue weighted by atomic mass is 10.2. The van der Waals surface area contributed by atoms with Crippen LogP contribution in [0.1, 0.15) is 26.2 Å². The van der Waals surface area contributed by atoms with Crippen LogP contribution in [0.2, 0.25) is 0 Å². The van der Waals surface area contributed by atoms with Crippen molar-refractivity contribution in [2.24, 2.45) is 0 Å². The molecule has 0 aromatic heterocycles. The van der Waals surface area contributed by atoms with Gasteiger partial charge >= 0.3 is 5.97 Å². The summed E-state index contributed by atoms with van der Waals surface area (Å²) in [5.41, 5.74) is 2.57. The Morgan fingerprint density at radius 1 is 1.70 bits per heavy atom. The molecule has 0 fully saturated rings. The van der Waals surface area contributed by atoms with Crippen molar-refractivity contribution in [3.8, 4) is 0 Å². The third kappa shape index (κ3) is 6.99. The molecular weight excluding hydrogens is 128 g/mol. The zero-order chi connectivity index (χ0) is 7.82. The number of hydrogen-bond acceptors (Lipinski definition) is 1. The highest BCUT2D eigenvalue weighted by atomic mass is 16.4. The zero-order valence-electron chi connectivity index (χ0n) is 6.13. The Hall–Kier alpha value is -1.01. The van der Waals surface area contributed by atoms with Crippen molar-refractivity contribution < 1.29 is 9.90 Å². The second kappa shape index (κ2) is 6.12. The smallest absolute Gasteiger partial charge is 0.336 e. The Kier molecular flexibility index (Phi) is 5.50. The normalized spacial score (nSPS) is 8.10. The first-order valence-corrected chi connectivity index (χ1v) is 3.41. The van der Waals surface area contributed by atoms with Crippen molar-refractivity contribution in [2.75, 3.05) is 0 Å². The molecule has 0 rings (SSSR count). The molecule has 0 aliphatic heterocycles. The van der Waals surface area contributed by atoms with Crippen molar-refractivity contribution in [3.63, 3.8) is 0 Å². The maximum absolute atomic E-state index is 9.89. The van der Waals surface area contributed by atoms with Crippen molar-refractivity contribution in [2.45, 2.75) is 26.2 Å². The van der Waals surface area contributed by atoms with E-state index >= 15 is 0 Å². The number of unbranched alkanes of at least 4 members (excludes halogenated alkanes) is 2. The standard InChI is InChI=1S/C8H12O2/c1-2-3-4-5-6-7-8(9)10/h5,7H,2-4H2,1H3,(H,9,10). The predicted molar refractivity (Wildman–Crippen MR) is 39.8 cm³/mol. The molecule has 2 nitrogen and oxygen atoms in total. The SMILES string of the molecule is CCCCC=C=CC(=O)O. The van der Waals surface area contributed by atoms with Crippen molar-refractivity contribution in [3.05, 3.63) is 17.9 Å². The summed E-state index contributed by atoms with van der Waals surface area (Å²) in [5, 5.41) is 8.13. The molecule has 0 aliphatic carbocycles. The average molecular weight is 140 g/mol. The Morgan fingerprint density at radius 3 is 2.90 bits per heavy atom.